The lowest BCUT2D eigenvalue weighted by Crippen LogP contribution is -2.48. The molecule has 5 heteroatoms. The van der Waals surface area contributed by atoms with Crippen molar-refractivity contribution >= 4 is 29.1 Å². The standard InChI is InChI=1S/C8H12Cl2N2O/c9-4-6(10)5-12-7-2-1-3-11-8(7)13/h4,7,12H,1-3,5H2,(H,11,13). The number of carbonyl (C=O) groups is 1. The number of halogens is 2. The molecule has 1 fully saturated rings. The van der Waals surface area contributed by atoms with Gasteiger partial charge in [-0.2, -0.15) is 0 Å². The number of hydrogen-bond donors (Lipinski definition) is 2. The van der Waals surface area contributed by atoms with E-state index in [1.807, 2.05) is 0 Å². The van der Waals surface area contributed by atoms with Gasteiger partial charge in [-0.15, -0.1) is 0 Å². The van der Waals surface area contributed by atoms with Gasteiger partial charge in [0.05, 0.1) is 6.04 Å². The predicted octanol–water partition coefficient (Wildman–Crippen LogP) is 1.17. The Morgan fingerprint density at radius 2 is 2.54 bits per heavy atom. The highest BCUT2D eigenvalue weighted by Crippen LogP contribution is 2.05. The van der Waals surface area contributed by atoms with Crippen molar-refractivity contribution < 1.29 is 4.79 Å². The van der Waals surface area contributed by atoms with Gasteiger partial charge in [-0.25, -0.2) is 0 Å². The Bertz CT molecular complexity index is 218. The number of piperidine rings is 1. The molecule has 0 aromatic rings. The van der Waals surface area contributed by atoms with Crippen molar-refractivity contribution in [3.63, 3.8) is 0 Å². The first-order chi connectivity index (χ1) is 6.24. The molecule has 0 aromatic carbocycles. The fraction of sp³-hybridized carbons (Fsp3) is 0.625. The largest absolute Gasteiger partial charge is 0.355 e. The van der Waals surface area contributed by atoms with Gasteiger partial charge in [0.25, 0.3) is 0 Å². The summed E-state index contributed by atoms with van der Waals surface area (Å²) < 4.78 is 0. The highest BCUT2D eigenvalue weighted by Gasteiger charge is 2.20. The van der Waals surface area contributed by atoms with Gasteiger partial charge >= 0.3 is 0 Å². The van der Waals surface area contributed by atoms with Crippen molar-refractivity contribution in [1.82, 2.24) is 10.6 Å². The maximum atomic E-state index is 11.2. The van der Waals surface area contributed by atoms with E-state index in [0.717, 1.165) is 19.4 Å². The van der Waals surface area contributed by atoms with E-state index < -0.39 is 0 Å². The van der Waals surface area contributed by atoms with Crippen LogP contribution in [0.15, 0.2) is 10.6 Å². The summed E-state index contributed by atoms with van der Waals surface area (Å²) >= 11 is 11.0. The van der Waals surface area contributed by atoms with Crippen LogP contribution < -0.4 is 10.6 Å². The summed E-state index contributed by atoms with van der Waals surface area (Å²) in [6, 6.07) is -0.126. The lowest BCUT2D eigenvalue weighted by Gasteiger charge is -2.22. The molecule has 0 radical (unpaired) electrons. The van der Waals surface area contributed by atoms with E-state index in [1.54, 1.807) is 0 Å². The molecule has 2 N–H and O–H groups in total. The van der Waals surface area contributed by atoms with Crippen LogP contribution in [-0.4, -0.2) is 25.0 Å². The molecule has 1 atom stereocenters. The smallest absolute Gasteiger partial charge is 0.237 e. The Labute approximate surface area is 87.5 Å². The molecule has 1 aliphatic rings. The Balaban J connectivity index is 2.31. The molecule has 13 heavy (non-hydrogen) atoms. The second kappa shape index (κ2) is 5.47. The fourth-order valence-electron chi connectivity index (χ4n) is 1.23. The van der Waals surface area contributed by atoms with E-state index in [4.69, 9.17) is 23.2 Å². The van der Waals surface area contributed by atoms with Gasteiger partial charge in [0, 0.05) is 23.7 Å². The monoisotopic (exact) mass is 222 g/mol. The van der Waals surface area contributed by atoms with E-state index in [9.17, 15) is 4.79 Å². The van der Waals surface area contributed by atoms with Crippen LogP contribution in [0.3, 0.4) is 0 Å². The van der Waals surface area contributed by atoms with Gasteiger partial charge in [0.2, 0.25) is 5.91 Å². The van der Waals surface area contributed by atoms with Crippen LogP contribution in [0.25, 0.3) is 0 Å². The predicted molar refractivity (Wildman–Crippen MR) is 53.8 cm³/mol. The maximum Gasteiger partial charge on any atom is 0.237 e. The lowest BCUT2D eigenvalue weighted by molar-refractivity contribution is -0.124. The highest BCUT2D eigenvalue weighted by atomic mass is 35.5. The van der Waals surface area contributed by atoms with Crippen molar-refractivity contribution in [3.8, 4) is 0 Å². The second-order valence-electron chi connectivity index (χ2n) is 2.92. The zero-order valence-corrected chi connectivity index (χ0v) is 8.66. The first-order valence-electron chi connectivity index (χ1n) is 4.20. The van der Waals surface area contributed by atoms with Crippen molar-refractivity contribution in [1.29, 1.82) is 0 Å². The molecule has 1 unspecified atom stereocenters. The van der Waals surface area contributed by atoms with Crippen LogP contribution in [0.4, 0.5) is 0 Å². The second-order valence-corrected chi connectivity index (χ2v) is 3.63. The molecule has 0 bridgehead atoms. The van der Waals surface area contributed by atoms with Gasteiger partial charge < -0.3 is 10.6 Å². The SMILES string of the molecule is O=C1NCCCC1NCC(Cl)=CCl. The quantitative estimate of drug-likeness (QED) is 0.754. The third kappa shape index (κ3) is 3.55. The zero-order chi connectivity index (χ0) is 9.68. The average molecular weight is 223 g/mol. The van der Waals surface area contributed by atoms with Gasteiger partial charge in [-0.1, -0.05) is 23.2 Å². The van der Waals surface area contributed by atoms with Crippen LogP contribution in [0.5, 0.6) is 0 Å². The summed E-state index contributed by atoms with van der Waals surface area (Å²) in [4.78, 5) is 11.2. The number of carbonyl (C=O) groups excluding carboxylic acids is 1. The minimum atomic E-state index is -0.126. The molecule has 0 aromatic heterocycles. The number of hydrogen-bond acceptors (Lipinski definition) is 2. The summed E-state index contributed by atoms with van der Waals surface area (Å²) in [5.74, 6) is 0.0466. The number of amides is 1. The van der Waals surface area contributed by atoms with Crippen LogP contribution >= 0.6 is 23.2 Å². The first kappa shape index (κ1) is 10.8. The van der Waals surface area contributed by atoms with Crippen LogP contribution in [0.2, 0.25) is 0 Å². The topological polar surface area (TPSA) is 41.1 Å². The molecule has 1 aliphatic heterocycles. The summed E-state index contributed by atoms with van der Waals surface area (Å²) in [5, 5.41) is 6.32. The van der Waals surface area contributed by atoms with Crippen LogP contribution in [0.1, 0.15) is 12.8 Å². The van der Waals surface area contributed by atoms with E-state index >= 15 is 0 Å². The lowest BCUT2D eigenvalue weighted by atomic mass is 10.1. The number of nitrogens with one attached hydrogen (secondary N) is 2. The van der Waals surface area contributed by atoms with Crippen molar-refractivity contribution in [2.24, 2.45) is 0 Å². The molecule has 0 saturated carbocycles. The normalized spacial score (nSPS) is 24.3. The average Bonchev–Trinajstić information content (AvgIpc) is 2.16. The summed E-state index contributed by atoms with van der Waals surface area (Å²) in [6.45, 7) is 1.22. The van der Waals surface area contributed by atoms with Gasteiger partial charge in [-0.3, -0.25) is 4.79 Å². The Kier molecular flexibility index (Phi) is 4.56. The van der Waals surface area contributed by atoms with E-state index in [-0.39, 0.29) is 11.9 Å². The van der Waals surface area contributed by atoms with Crippen molar-refractivity contribution in [2.45, 2.75) is 18.9 Å². The molecule has 3 nitrogen and oxygen atoms in total. The Morgan fingerprint density at radius 3 is 3.15 bits per heavy atom. The molecular weight excluding hydrogens is 211 g/mol. The van der Waals surface area contributed by atoms with Gasteiger partial charge in [0.1, 0.15) is 0 Å². The molecule has 1 amide bonds. The molecule has 0 spiro atoms. The third-order valence-electron chi connectivity index (χ3n) is 1.92. The Hall–Kier alpha value is -0.250. The summed E-state index contributed by atoms with van der Waals surface area (Å²) in [6.07, 6.45) is 1.86. The minimum absolute atomic E-state index is 0.0466. The van der Waals surface area contributed by atoms with E-state index in [0.29, 0.717) is 11.6 Å². The first-order valence-corrected chi connectivity index (χ1v) is 5.01. The molecular formula is C8H12Cl2N2O. The van der Waals surface area contributed by atoms with Crippen molar-refractivity contribution in [2.75, 3.05) is 13.1 Å². The maximum absolute atomic E-state index is 11.2. The van der Waals surface area contributed by atoms with E-state index in [2.05, 4.69) is 10.6 Å². The number of rotatable bonds is 3. The minimum Gasteiger partial charge on any atom is -0.355 e. The van der Waals surface area contributed by atoms with Crippen LogP contribution in [0, 0.1) is 0 Å². The van der Waals surface area contributed by atoms with Crippen LogP contribution in [-0.2, 0) is 4.79 Å². The molecule has 1 saturated heterocycles. The van der Waals surface area contributed by atoms with Gasteiger partial charge in [-0.05, 0) is 12.8 Å². The Morgan fingerprint density at radius 1 is 1.77 bits per heavy atom. The zero-order valence-electron chi connectivity index (χ0n) is 7.15. The third-order valence-corrected chi connectivity index (χ3v) is 2.54. The summed E-state index contributed by atoms with van der Waals surface area (Å²) in [5.41, 5.74) is 1.30. The molecule has 1 heterocycles. The molecule has 1 rings (SSSR count). The molecule has 0 aliphatic carbocycles. The summed E-state index contributed by atoms with van der Waals surface area (Å²) in [7, 11) is 0. The fourth-order valence-corrected chi connectivity index (χ4v) is 1.38. The highest BCUT2D eigenvalue weighted by molar-refractivity contribution is 6.36. The van der Waals surface area contributed by atoms with Gasteiger partial charge in [0.15, 0.2) is 0 Å². The molecule has 74 valence electrons. The van der Waals surface area contributed by atoms with Crippen molar-refractivity contribution in [3.05, 3.63) is 10.6 Å². The van der Waals surface area contributed by atoms with E-state index in [1.165, 1.54) is 5.54 Å².